The highest BCUT2D eigenvalue weighted by Crippen LogP contribution is 2.48. The van der Waals surface area contributed by atoms with Gasteiger partial charge in [-0.1, -0.05) is 65.8 Å². The van der Waals surface area contributed by atoms with Crippen molar-refractivity contribution >= 4 is 43.5 Å². The second kappa shape index (κ2) is 7.93. The molecule has 0 fully saturated rings. The Kier molecular flexibility index (Phi) is 4.90. The van der Waals surface area contributed by atoms with E-state index in [2.05, 4.69) is 108 Å². The average Bonchev–Trinajstić information content (AvgIpc) is 3.25. The fourth-order valence-corrected chi connectivity index (χ4v) is 6.69. The average molecular weight is 498 g/mol. The number of fused-ring (bicyclic) bond motifs is 6. The first-order valence-corrected chi connectivity index (χ1v) is 14.0. The van der Waals surface area contributed by atoms with Gasteiger partial charge < -0.3 is 4.42 Å². The number of pyridine rings is 1. The van der Waals surface area contributed by atoms with E-state index in [4.69, 9.17) is 9.40 Å². The van der Waals surface area contributed by atoms with Crippen LogP contribution in [0.1, 0.15) is 77.0 Å². The van der Waals surface area contributed by atoms with Gasteiger partial charge >= 0.3 is 0 Å². The van der Waals surface area contributed by atoms with E-state index in [1.54, 1.807) is 0 Å². The van der Waals surface area contributed by atoms with Crippen LogP contribution in [0.15, 0.2) is 77.3 Å². The van der Waals surface area contributed by atoms with Crippen molar-refractivity contribution < 1.29 is 4.42 Å². The normalized spacial score (nSPS) is 16.6. The zero-order chi connectivity index (χ0) is 26.4. The Morgan fingerprint density at radius 1 is 0.684 bits per heavy atom. The van der Waals surface area contributed by atoms with Crippen molar-refractivity contribution in [3.05, 3.63) is 89.6 Å². The molecule has 2 heteroatoms. The third-order valence-corrected chi connectivity index (χ3v) is 9.12. The molecule has 38 heavy (non-hydrogen) atoms. The molecule has 0 unspecified atom stereocenters. The third-order valence-electron chi connectivity index (χ3n) is 9.12. The Hall–Kier alpha value is -3.65. The molecule has 7 rings (SSSR count). The molecule has 0 atom stereocenters. The SMILES string of the molecule is CC(C)c1cc(-c2nccc3cc4oc5cc6c(cc5c4cc23)C(C)(C)CCC6(C)C)cc2ccccc12. The van der Waals surface area contributed by atoms with Crippen molar-refractivity contribution in [2.75, 3.05) is 0 Å². The summed E-state index contributed by atoms with van der Waals surface area (Å²) in [6, 6.07) is 24.7. The van der Waals surface area contributed by atoms with Gasteiger partial charge in [0.05, 0.1) is 5.69 Å². The molecular formula is C36H35NO. The standard InChI is InChI=1S/C36H35NO/c1-21(2)26-16-24(15-22-9-7-8-10-25(22)26)34-27-18-28-29-19-30-31(36(5,6)13-12-35(30,3)4)20-33(29)38-32(28)17-23(27)11-14-37-34/h7-11,14-21H,12-13H2,1-6H3. The van der Waals surface area contributed by atoms with Crippen LogP contribution in [-0.2, 0) is 10.8 Å². The van der Waals surface area contributed by atoms with Crippen molar-refractivity contribution in [2.45, 2.75) is 71.1 Å². The lowest BCUT2D eigenvalue weighted by Gasteiger charge is -2.41. The molecule has 2 heterocycles. The number of furan rings is 1. The lowest BCUT2D eigenvalue weighted by molar-refractivity contribution is 0.332. The Balaban J connectivity index is 1.51. The number of benzene rings is 4. The largest absolute Gasteiger partial charge is 0.456 e. The molecule has 0 radical (unpaired) electrons. The van der Waals surface area contributed by atoms with E-state index < -0.39 is 0 Å². The summed E-state index contributed by atoms with van der Waals surface area (Å²) in [5, 5.41) is 7.30. The van der Waals surface area contributed by atoms with Crippen LogP contribution in [0.4, 0.5) is 0 Å². The highest BCUT2D eigenvalue weighted by Gasteiger charge is 2.37. The molecule has 1 aliphatic carbocycles. The van der Waals surface area contributed by atoms with Crippen LogP contribution < -0.4 is 0 Å². The Bertz CT molecular complexity index is 1900. The first kappa shape index (κ1) is 23.5. The van der Waals surface area contributed by atoms with E-state index in [0.717, 1.165) is 22.2 Å². The number of hydrogen-bond acceptors (Lipinski definition) is 2. The number of hydrogen-bond donors (Lipinski definition) is 0. The molecule has 6 aromatic rings. The molecule has 0 aliphatic heterocycles. The van der Waals surface area contributed by atoms with Crippen LogP contribution in [0.3, 0.4) is 0 Å². The van der Waals surface area contributed by atoms with Gasteiger partial charge in [-0.05, 0) is 105 Å². The Labute approximate surface area is 224 Å². The number of rotatable bonds is 2. The monoisotopic (exact) mass is 497 g/mol. The van der Waals surface area contributed by atoms with Gasteiger partial charge in [0.25, 0.3) is 0 Å². The van der Waals surface area contributed by atoms with Crippen LogP contribution in [-0.4, -0.2) is 4.98 Å². The minimum atomic E-state index is 0.157. The molecule has 2 aromatic heterocycles. The molecule has 0 spiro atoms. The Morgan fingerprint density at radius 3 is 2.11 bits per heavy atom. The first-order chi connectivity index (χ1) is 18.1. The van der Waals surface area contributed by atoms with Gasteiger partial charge in [0.1, 0.15) is 11.2 Å². The second-order valence-corrected chi connectivity index (χ2v) is 12.9. The lowest BCUT2D eigenvalue weighted by Crippen LogP contribution is -2.33. The quantitative estimate of drug-likeness (QED) is 0.238. The summed E-state index contributed by atoms with van der Waals surface area (Å²) >= 11 is 0. The maximum Gasteiger partial charge on any atom is 0.136 e. The van der Waals surface area contributed by atoms with Gasteiger partial charge in [0, 0.05) is 27.9 Å². The first-order valence-electron chi connectivity index (χ1n) is 14.0. The summed E-state index contributed by atoms with van der Waals surface area (Å²) in [6.07, 6.45) is 4.33. The van der Waals surface area contributed by atoms with Crippen LogP contribution in [0.5, 0.6) is 0 Å². The highest BCUT2D eigenvalue weighted by atomic mass is 16.3. The zero-order valence-corrected chi connectivity index (χ0v) is 23.3. The van der Waals surface area contributed by atoms with Gasteiger partial charge in [-0.25, -0.2) is 0 Å². The summed E-state index contributed by atoms with van der Waals surface area (Å²) in [5.41, 5.74) is 8.72. The zero-order valence-electron chi connectivity index (χ0n) is 23.3. The van der Waals surface area contributed by atoms with Crippen molar-refractivity contribution in [1.82, 2.24) is 4.98 Å². The number of aromatic nitrogens is 1. The van der Waals surface area contributed by atoms with Gasteiger partial charge in [0.15, 0.2) is 0 Å². The van der Waals surface area contributed by atoms with Gasteiger partial charge in [0.2, 0.25) is 0 Å². The predicted molar refractivity (Wildman–Crippen MR) is 161 cm³/mol. The van der Waals surface area contributed by atoms with E-state index in [1.165, 1.54) is 62.0 Å². The van der Waals surface area contributed by atoms with Crippen molar-refractivity contribution in [3.8, 4) is 11.3 Å². The van der Waals surface area contributed by atoms with E-state index >= 15 is 0 Å². The topological polar surface area (TPSA) is 26.0 Å². The lowest BCUT2D eigenvalue weighted by atomic mass is 9.63. The fraction of sp³-hybridized carbons (Fsp3) is 0.306. The van der Waals surface area contributed by atoms with Crippen LogP contribution in [0.2, 0.25) is 0 Å². The molecule has 0 amide bonds. The molecule has 190 valence electrons. The van der Waals surface area contributed by atoms with Crippen molar-refractivity contribution in [2.24, 2.45) is 0 Å². The van der Waals surface area contributed by atoms with Crippen LogP contribution >= 0.6 is 0 Å². The molecule has 0 bridgehead atoms. The molecule has 4 aromatic carbocycles. The number of nitrogens with zero attached hydrogens (tertiary/aromatic N) is 1. The molecule has 2 nitrogen and oxygen atoms in total. The predicted octanol–water partition coefficient (Wildman–Crippen LogP) is 10.4. The van der Waals surface area contributed by atoms with Crippen LogP contribution in [0.25, 0.3) is 54.7 Å². The minimum Gasteiger partial charge on any atom is -0.456 e. The van der Waals surface area contributed by atoms with E-state index in [9.17, 15) is 0 Å². The van der Waals surface area contributed by atoms with Gasteiger partial charge in [-0.3, -0.25) is 4.98 Å². The van der Waals surface area contributed by atoms with E-state index in [1.807, 2.05) is 6.20 Å². The molecule has 0 saturated heterocycles. The van der Waals surface area contributed by atoms with Crippen molar-refractivity contribution in [1.29, 1.82) is 0 Å². The van der Waals surface area contributed by atoms with Crippen LogP contribution in [0, 0.1) is 0 Å². The Morgan fingerprint density at radius 2 is 1.34 bits per heavy atom. The van der Waals surface area contributed by atoms with E-state index in [0.29, 0.717) is 5.92 Å². The molecular weight excluding hydrogens is 462 g/mol. The summed E-state index contributed by atoms with van der Waals surface area (Å²) in [4.78, 5) is 4.94. The smallest absolute Gasteiger partial charge is 0.136 e. The summed E-state index contributed by atoms with van der Waals surface area (Å²) in [5.74, 6) is 0.429. The molecule has 0 N–H and O–H groups in total. The molecule has 1 aliphatic rings. The summed E-state index contributed by atoms with van der Waals surface area (Å²) in [7, 11) is 0. The second-order valence-electron chi connectivity index (χ2n) is 12.9. The fourth-order valence-electron chi connectivity index (χ4n) is 6.69. The van der Waals surface area contributed by atoms with Crippen molar-refractivity contribution in [3.63, 3.8) is 0 Å². The summed E-state index contributed by atoms with van der Waals surface area (Å²) in [6.45, 7) is 14.1. The third kappa shape index (κ3) is 3.42. The summed E-state index contributed by atoms with van der Waals surface area (Å²) < 4.78 is 6.52. The van der Waals surface area contributed by atoms with E-state index in [-0.39, 0.29) is 10.8 Å². The van der Waals surface area contributed by atoms with Gasteiger partial charge in [-0.2, -0.15) is 0 Å². The highest BCUT2D eigenvalue weighted by molar-refractivity contribution is 6.12. The molecule has 0 saturated carbocycles. The maximum atomic E-state index is 6.52. The minimum absolute atomic E-state index is 0.157. The van der Waals surface area contributed by atoms with Gasteiger partial charge in [-0.15, -0.1) is 0 Å². The maximum absolute atomic E-state index is 6.52.